The number of fused-ring (bicyclic) bond motifs is 3. The fourth-order valence-electron chi connectivity index (χ4n) is 6.73. The van der Waals surface area contributed by atoms with Gasteiger partial charge in [-0.1, -0.05) is 18.1 Å². The van der Waals surface area contributed by atoms with E-state index in [-0.39, 0.29) is 19.0 Å². The molecule has 13 nitrogen and oxygen atoms in total. The average molecular weight is 636 g/mol. The normalized spacial score (nSPS) is 22.0. The van der Waals surface area contributed by atoms with Crippen LogP contribution >= 0.6 is 0 Å². The molecule has 1 spiro atoms. The van der Waals surface area contributed by atoms with Gasteiger partial charge >= 0.3 is 5.97 Å². The molecule has 0 unspecified atom stereocenters. The first-order chi connectivity index (χ1) is 22.8. The first kappa shape index (κ1) is 29.2. The zero-order valence-electron chi connectivity index (χ0n) is 26.2. The van der Waals surface area contributed by atoms with Gasteiger partial charge in [0, 0.05) is 37.2 Å². The van der Waals surface area contributed by atoms with Gasteiger partial charge in [-0.25, -0.2) is 19.7 Å². The number of pyridine rings is 1. The number of aliphatic carboxylic acids is 1. The second kappa shape index (κ2) is 11.3. The quantitative estimate of drug-likeness (QED) is 0.283. The smallest absolute Gasteiger partial charge is 0.326 e. The minimum absolute atomic E-state index is 0.0216. The molecular formula is C34H33N7O6. The summed E-state index contributed by atoms with van der Waals surface area (Å²) in [5.74, 6) is 6.77. The third-order valence-corrected chi connectivity index (χ3v) is 9.35. The molecule has 13 heteroatoms. The van der Waals surface area contributed by atoms with Crippen molar-refractivity contribution in [1.82, 2.24) is 24.7 Å². The van der Waals surface area contributed by atoms with Crippen LogP contribution in [-0.4, -0.2) is 92.5 Å². The molecule has 5 aromatic rings. The number of anilines is 2. The molecule has 3 atom stereocenters. The van der Waals surface area contributed by atoms with Crippen LogP contribution in [0.2, 0.25) is 0 Å². The molecule has 3 saturated heterocycles. The topological polar surface area (TPSA) is 141 Å². The molecule has 3 fully saturated rings. The maximum absolute atomic E-state index is 12.6. The zero-order valence-corrected chi connectivity index (χ0v) is 26.2. The van der Waals surface area contributed by atoms with Crippen molar-refractivity contribution in [1.29, 1.82) is 0 Å². The molecule has 0 radical (unpaired) electrons. The number of morpholine rings is 1. The van der Waals surface area contributed by atoms with Gasteiger partial charge < -0.3 is 33.5 Å². The van der Waals surface area contributed by atoms with Crippen LogP contribution in [0.4, 0.5) is 11.5 Å². The fourth-order valence-corrected chi connectivity index (χ4v) is 6.73. The van der Waals surface area contributed by atoms with Gasteiger partial charge in [-0.05, 0) is 44.0 Å². The van der Waals surface area contributed by atoms with Gasteiger partial charge in [-0.15, -0.1) is 0 Å². The number of carboxylic acids is 1. The summed E-state index contributed by atoms with van der Waals surface area (Å²) in [7, 11) is 1.84. The molecular weight excluding hydrogens is 602 g/mol. The van der Waals surface area contributed by atoms with E-state index in [0.29, 0.717) is 66.1 Å². The van der Waals surface area contributed by atoms with E-state index in [1.54, 1.807) is 28.9 Å². The molecule has 240 valence electrons. The second-order valence-corrected chi connectivity index (χ2v) is 12.3. The van der Waals surface area contributed by atoms with E-state index in [4.69, 9.17) is 23.6 Å². The Morgan fingerprint density at radius 1 is 1.15 bits per heavy atom. The van der Waals surface area contributed by atoms with Gasteiger partial charge in [0.1, 0.15) is 46.1 Å². The summed E-state index contributed by atoms with van der Waals surface area (Å²) in [6, 6.07) is 10.5. The molecule has 0 amide bonds. The van der Waals surface area contributed by atoms with E-state index in [0.717, 1.165) is 16.8 Å². The summed E-state index contributed by atoms with van der Waals surface area (Å²) in [5, 5.41) is 15.4. The molecule has 0 aliphatic carbocycles. The number of benzene rings is 1. The number of furan rings is 1. The number of aromatic nitrogens is 5. The molecule has 47 heavy (non-hydrogen) atoms. The number of para-hydroxylation sites is 1. The Hall–Kier alpha value is -5.19. The van der Waals surface area contributed by atoms with E-state index in [2.05, 4.69) is 38.7 Å². The molecule has 1 aromatic carbocycles. The Kier molecular flexibility index (Phi) is 7.00. The maximum atomic E-state index is 12.6. The number of hydrogen-bond acceptors (Lipinski definition) is 11. The molecule has 7 heterocycles. The number of rotatable bonds is 5. The Morgan fingerprint density at radius 2 is 2.00 bits per heavy atom. The zero-order chi connectivity index (χ0) is 32.3. The van der Waals surface area contributed by atoms with Crippen molar-refractivity contribution < 1.29 is 28.5 Å². The van der Waals surface area contributed by atoms with Crippen molar-refractivity contribution in [3.63, 3.8) is 0 Å². The maximum Gasteiger partial charge on any atom is 0.326 e. The summed E-state index contributed by atoms with van der Waals surface area (Å²) < 4.78 is 26.3. The van der Waals surface area contributed by atoms with Crippen LogP contribution in [0.5, 0.6) is 5.88 Å². The van der Waals surface area contributed by atoms with Gasteiger partial charge in [-0.3, -0.25) is 4.68 Å². The lowest BCUT2D eigenvalue weighted by molar-refractivity contribution is -0.228. The molecule has 3 aliphatic rings. The lowest BCUT2D eigenvalue weighted by atomic mass is 9.90. The van der Waals surface area contributed by atoms with Gasteiger partial charge in [0.05, 0.1) is 38.6 Å². The standard InChI is InChI=1S/C34H33N7O6/c1-20-34(18-44-19-34)45-13-12-40(20)26-14-22(8-9-23-10-11-36-39(23)3)16-35-32(26)46-24-15-27(33(42)43)41(17-24)31-30-29(37-21(2)38-31)25-6-4-5-7-28(25)47-30/h4-7,10-11,14,16,20,24,27H,12-13,15,17-19H2,1-3H3,(H,42,43)/t20-,24-,27-/m0/s1. The van der Waals surface area contributed by atoms with Crippen LogP contribution < -0.4 is 14.5 Å². The van der Waals surface area contributed by atoms with Crippen LogP contribution in [-0.2, 0) is 21.3 Å². The average Bonchev–Trinajstić information content (AvgIpc) is 3.76. The summed E-state index contributed by atoms with van der Waals surface area (Å²) in [4.78, 5) is 30.7. The Bertz CT molecular complexity index is 2080. The number of hydrogen-bond donors (Lipinski definition) is 1. The molecule has 4 aromatic heterocycles. The number of aryl methyl sites for hydroxylation is 2. The minimum Gasteiger partial charge on any atom is -0.480 e. The highest BCUT2D eigenvalue weighted by molar-refractivity contribution is 6.06. The van der Waals surface area contributed by atoms with Crippen molar-refractivity contribution in [3.05, 3.63) is 65.9 Å². The molecule has 0 saturated carbocycles. The SMILES string of the molecule is Cc1nc(N2C[C@@H](Oc3ncc(C#Cc4ccnn4C)cc3N3CCOC4(COC4)[C@@H]3C)C[C@H]2C(=O)O)c2oc3ccccc3c2n1. The van der Waals surface area contributed by atoms with Gasteiger partial charge in [-0.2, -0.15) is 5.10 Å². The van der Waals surface area contributed by atoms with Gasteiger partial charge in [0.25, 0.3) is 0 Å². The predicted molar refractivity (Wildman–Crippen MR) is 172 cm³/mol. The number of carboxylic acid groups (broad SMARTS) is 1. The lowest BCUT2D eigenvalue weighted by Gasteiger charge is -2.53. The summed E-state index contributed by atoms with van der Waals surface area (Å²) in [6.07, 6.45) is 3.11. The summed E-state index contributed by atoms with van der Waals surface area (Å²) >= 11 is 0. The second-order valence-electron chi connectivity index (χ2n) is 12.3. The van der Waals surface area contributed by atoms with E-state index >= 15 is 0 Å². The Morgan fingerprint density at radius 3 is 2.77 bits per heavy atom. The molecule has 8 rings (SSSR count). The minimum atomic E-state index is -0.973. The highest BCUT2D eigenvalue weighted by Gasteiger charge is 2.50. The van der Waals surface area contributed by atoms with E-state index in [1.165, 1.54) is 0 Å². The van der Waals surface area contributed by atoms with Crippen LogP contribution in [0, 0.1) is 18.8 Å². The third-order valence-electron chi connectivity index (χ3n) is 9.35. The van der Waals surface area contributed by atoms with Crippen LogP contribution in [0.3, 0.4) is 0 Å². The monoisotopic (exact) mass is 635 g/mol. The Labute approximate surface area is 270 Å². The summed E-state index contributed by atoms with van der Waals surface area (Å²) in [6.45, 7) is 6.35. The first-order valence-corrected chi connectivity index (χ1v) is 15.6. The highest BCUT2D eigenvalue weighted by atomic mass is 16.6. The molecule has 3 aliphatic heterocycles. The van der Waals surface area contributed by atoms with Crippen molar-refractivity contribution in [3.8, 4) is 17.7 Å². The van der Waals surface area contributed by atoms with E-state index < -0.39 is 23.7 Å². The van der Waals surface area contributed by atoms with Crippen molar-refractivity contribution in [2.45, 2.75) is 44.1 Å². The van der Waals surface area contributed by atoms with E-state index in [9.17, 15) is 9.90 Å². The van der Waals surface area contributed by atoms with Crippen molar-refractivity contribution in [2.24, 2.45) is 7.05 Å². The third kappa shape index (κ3) is 5.01. The van der Waals surface area contributed by atoms with Gasteiger partial charge in [0.2, 0.25) is 5.88 Å². The number of nitrogens with zero attached hydrogens (tertiary/aromatic N) is 7. The first-order valence-electron chi connectivity index (χ1n) is 15.6. The fraction of sp³-hybridized carbons (Fsp3) is 0.382. The van der Waals surface area contributed by atoms with Crippen molar-refractivity contribution >= 4 is 39.5 Å². The lowest BCUT2D eigenvalue weighted by Crippen LogP contribution is -2.68. The highest BCUT2D eigenvalue weighted by Crippen LogP contribution is 2.40. The van der Waals surface area contributed by atoms with Gasteiger partial charge in [0.15, 0.2) is 11.4 Å². The van der Waals surface area contributed by atoms with Crippen LogP contribution in [0.1, 0.15) is 30.4 Å². The number of carbonyl (C=O) groups is 1. The van der Waals surface area contributed by atoms with E-state index in [1.807, 2.05) is 43.4 Å². The largest absolute Gasteiger partial charge is 0.480 e. The molecule has 1 N–H and O–H groups in total. The molecule has 0 bridgehead atoms. The van der Waals surface area contributed by atoms with Crippen molar-refractivity contribution in [2.75, 3.05) is 42.7 Å². The Balaban J connectivity index is 1.15. The van der Waals surface area contributed by atoms with Crippen LogP contribution in [0.15, 0.2) is 53.2 Å². The summed E-state index contributed by atoms with van der Waals surface area (Å²) in [5.41, 5.74) is 3.62. The number of ether oxygens (including phenoxy) is 3. The predicted octanol–water partition coefficient (Wildman–Crippen LogP) is 3.32. The van der Waals surface area contributed by atoms with Crippen LogP contribution in [0.25, 0.3) is 22.1 Å².